The Labute approximate surface area is 188 Å². The van der Waals surface area contributed by atoms with Crippen molar-refractivity contribution < 1.29 is 0 Å². The Morgan fingerprint density at radius 3 is 2.72 bits per heavy atom. The average Bonchev–Trinajstić information content (AvgIpc) is 3.38. The molecule has 1 saturated heterocycles. The second kappa shape index (κ2) is 8.78. The standard InChI is InChI=1S/C24H32N8/c1-16(2)18-14-28-32-22(27-15-23-29-19-6-4-5-7-20(19)31(23)3)12-21(30-24(18)32)26-13-17-8-10-25-11-9-17/h4-7,12,14,16-17,25,27H,8-11,13,15H2,1-3H3,(H,26,30). The van der Waals surface area contributed by atoms with Crippen LogP contribution >= 0.6 is 0 Å². The van der Waals surface area contributed by atoms with E-state index in [-0.39, 0.29) is 0 Å². The molecule has 0 spiro atoms. The van der Waals surface area contributed by atoms with Gasteiger partial charge < -0.3 is 20.5 Å². The minimum atomic E-state index is 0.354. The number of aromatic nitrogens is 5. The molecule has 8 heteroatoms. The maximum atomic E-state index is 4.92. The van der Waals surface area contributed by atoms with Crippen molar-refractivity contribution in [3.63, 3.8) is 0 Å². The van der Waals surface area contributed by atoms with Crippen LogP contribution in [0.3, 0.4) is 0 Å². The molecule has 0 aliphatic carbocycles. The first-order valence-electron chi connectivity index (χ1n) is 11.6. The summed E-state index contributed by atoms with van der Waals surface area (Å²) in [6.07, 6.45) is 4.35. The van der Waals surface area contributed by atoms with Crippen molar-refractivity contribution in [3.8, 4) is 0 Å². The van der Waals surface area contributed by atoms with Gasteiger partial charge in [-0.15, -0.1) is 0 Å². The van der Waals surface area contributed by atoms with Gasteiger partial charge in [-0.2, -0.15) is 9.61 Å². The Morgan fingerprint density at radius 2 is 1.94 bits per heavy atom. The van der Waals surface area contributed by atoms with E-state index in [1.54, 1.807) is 0 Å². The van der Waals surface area contributed by atoms with Gasteiger partial charge in [0, 0.05) is 25.2 Å². The number of hydrogen-bond acceptors (Lipinski definition) is 6. The van der Waals surface area contributed by atoms with Crippen LogP contribution < -0.4 is 16.0 Å². The Kier molecular flexibility index (Phi) is 5.70. The Hall–Kier alpha value is -3.13. The Balaban J connectivity index is 1.42. The molecule has 1 aliphatic rings. The number of nitrogens with one attached hydrogen (secondary N) is 3. The highest BCUT2D eigenvalue weighted by atomic mass is 15.3. The van der Waals surface area contributed by atoms with E-state index < -0.39 is 0 Å². The van der Waals surface area contributed by atoms with Crippen molar-refractivity contribution in [1.29, 1.82) is 0 Å². The van der Waals surface area contributed by atoms with Crippen molar-refractivity contribution in [2.24, 2.45) is 13.0 Å². The molecule has 1 aliphatic heterocycles. The summed E-state index contributed by atoms with van der Waals surface area (Å²) in [7, 11) is 2.06. The topological polar surface area (TPSA) is 84.1 Å². The quantitative estimate of drug-likeness (QED) is 0.412. The van der Waals surface area contributed by atoms with E-state index in [2.05, 4.69) is 64.7 Å². The molecule has 0 unspecified atom stereocenters. The van der Waals surface area contributed by atoms with Crippen LogP contribution in [0.1, 0.15) is 44.0 Å². The summed E-state index contributed by atoms with van der Waals surface area (Å²) in [6, 6.07) is 10.3. The van der Waals surface area contributed by atoms with Crippen LogP contribution in [0.25, 0.3) is 16.7 Å². The highest BCUT2D eigenvalue weighted by molar-refractivity contribution is 5.75. The third-order valence-electron chi connectivity index (χ3n) is 6.46. The summed E-state index contributed by atoms with van der Waals surface area (Å²) in [5.41, 5.74) is 4.20. The van der Waals surface area contributed by atoms with Gasteiger partial charge >= 0.3 is 0 Å². The molecular weight excluding hydrogens is 400 g/mol. The van der Waals surface area contributed by atoms with E-state index in [9.17, 15) is 0 Å². The second-order valence-corrected chi connectivity index (χ2v) is 9.02. The summed E-state index contributed by atoms with van der Waals surface area (Å²) in [5, 5.41) is 15.2. The fourth-order valence-electron chi connectivity index (χ4n) is 4.46. The highest BCUT2D eigenvalue weighted by Crippen LogP contribution is 2.25. The van der Waals surface area contributed by atoms with Crippen LogP contribution in [0.2, 0.25) is 0 Å². The molecule has 4 aromatic rings. The molecule has 32 heavy (non-hydrogen) atoms. The molecule has 4 heterocycles. The molecule has 168 valence electrons. The number of benzene rings is 1. The van der Waals surface area contributed by atoms with Crippen molar-refractivity contribution in [1.82, 2.24) is 29.5 Å². The highest BCUT2D eigenvalue weighted by Gasteiger charge is 2.17. The third-order valence-corrected chi connectivity index (χ3v) is 6.46. The molecular formula is C24H32N8. The largest absolute Gasteiger partial charge is 0.370 e. The van der Waals surface area contributed by atoms with Crippen molar-refractivity contribution >= 4 is 28.3 Å². The molecule has 1 aromatic carbocycles. The van der Waals surface area contributed by atoms with Crippen LogP contribution in [0, 0.1) is 5.92 Å². The number of piperidine rings is 1. The van der Waals surface area contributed by atoms with E-state index >= 15 is 0 Å². The molecule has 0 saturated carbocycles. The van der Waals surface area contributed by atoms with Gasteiger partial charge in [0.1, 0.15) is 17.5 Å². The van der Waals surface area contributed by atoms with Gasteiger partial charge in [0.2, 0.25) is 0 Å². The molecule has 0 amide bonds. The van der Waals surface area contributed by atoms with E-state index in [1.165, 1.54) is 12.8 Å². The van der Waals surface area contributed by atoms with Gasteiger partial charge in [0.25, 0.3) is 0 Å². The molecule has 0 bridgehead atoms. The Morgan fingerprint density at radius 1 is 1.12 bits per heavy atom. The Bertz CT molecular complexity index is 1220. The predicted molar refractivity (Wildman–Crippen MR) is 129 cm³/mol. The van der Waals surface area contributed by atoms with Crippen LogP contribution in [-0.4, -0.2) is 43.8 Å². The zero-order valence-electron chi connectivity index (χ0n) is 19.1. The van der Waals surface area contributed by atoms with Gasteiger partial charge in [-0.1, -0.05) is 26.0 Å². The van der Waals surface area contributed by atoms with Gasteiger partial charge in [0.15, 0.2) is 5.65 Å². The predicted octanol–water partition coefficient (Wildman–Crippen LogP) is 3.76. The smallest absolute Gasteiger partial charge is 0.163 e. The van der Waals surface area contributed by atoms with Gasteiger partial charge in [-0.05, 0) is 49.9 Å². The lowest BCUT2D eigenvalue weighted by Gasteiger charge is -2.23. The lowest BCUT2D eigenvalue weighted by Crippen LogP contribution is -2.31. The maximum Gasteiger partial charge on any atom is 0.163 e. The molecule has 1 fully saturated rings. The SMILES string of the molecule is CC(C)c1cnn2c(NCc3nc4ccccc4n3C)cc(NCC3CCNCC3)nc12. The summed E-state index contributed by atoms with van der Waals surface area (Å²) in [5.74, 6) is 3.83. The summed E-state index contributed by atoms with van der Waals surface area (Å²) < 4.78 is 4.05. The fourth-order valence-corrected chi connectivity index (χ4v) is 4.46. The fraction of sp³-hybridized carbons (Fsp3) is 0.458. The molecule has 3 N–H and O–H groups in total. The molecule has 0 atom stereocenters. The average molecular weight is 433 g/mol. The second-order valence-electron chi connectivity index (χ2n) is 9.02. The van der Waals surface area contributed by atoms with Crippen LogP contribution in [0.4, 0.5) is 11.6 Å². The lowest BCUT2D eigenvalue weighted by molar-refractivity contribution is 0.389. The van der Waals surface area contributed by atoms with E-state index in [0.29, 0.717) is 18.4 Å². The van der Waals surface area contributed by atoms with E-state index in [1.807, 2.05) is 22.8 Å². The zero-order valence-corrected chi connectivity index (χ0v) is 19.1. The van der Waals surface area contributed by atoms with E-state index in [4.69, 9.17) is 9.97 Å². The number of fused-ring (bicyclic) bond motifs is 2. The van der Waals surface area contributed by atoms with Crippen molar-refractivity contribution in [2.75, 3.05) is 30.3 Å². The summed E-state index contributed by atoms with van der Waals surface area (Å²) in [4.78, 5) is 9.72. The first-order valence-corrected chi connectivity index (χ1v) is 11.6. The van der Waals surface area contributed by atoms with Gasteiger partial charge in [-0.25, -0.2) is 9.97 Å². The third kappa shape index (κ3) is 4.02. The lowest BCUT2D eigenvalue weighted by atomic mass is 9.98. The number of para-hydroxylation sites is 2. The number of imidazole rings is 1. The number of anilines is 2. The van der Waals surface area contributed by atoms with Crippen molar-refractivity contribution in [3.05, 3.63) is 47.9 Å². The number of hydrogen-bond donors (Lipinski definition) is 3. The molecule has 5 rings (SSSR count). The number of rotatable bonds is 7. The van der Waals surface area contributed by atoms with E-state index in [0.717, 1.165) is 59.3 Å². The van der Waals surface area contributed by atoms with Crippen LogP contribution in [-0.2, 0) is 13.6 Å². The molecule has 3 aromatic heterocycles. The number of nitrogens with zero attached hydrogens (tertiary/aromatic N) is 5. The van der Waals surface area contributed by atoms with Gasteiger partial charge in [-0.3, -0.25) is 0 Å². The van der Waals surface area contributed by atoms with Crippen LogP contribution in [0.5, 0.6) is 0 Å². The molecule has 0 radical (unpaired) electrons. The number of aryl methyl sites for hydroxylation is 1. The molecule has 8 nitrogen and oxygen atoms in total. The van der Waals surface area contributed by atoms with Crippen LogP contribution in [0.15, 0.2) is 36.5 Å². The van der Waals surface area contributed by atoms with Gasteiger partial charge in [0.05, 0.1) is 23.8 Å². The zero-order chi connectivity index (χ0) is 22.1. The normalized spacial score (nSPS) is 15.1. The maximum absolute atomic E-state index is 4.92. The monoisotopic (exact) mass is 432 g/mol. The van der Waals surface area contributed by atoms with Crippen molar-refractivity contribution in [2.45, 2.75) is 39.2 Å². The minimum Gasteiger partial charge on any atom is -0.370 e. The summed E-state index contributed by atoms with van der Waals surface area (Å²) >= 11 is 0. The summed E-state index contributed by atoms with van der Waals surface area (Å²) in [6.45, 7) is 8.11. The minimum absolute atomic E-state index is 0.354. The first kappa shape index (κ1) is 20.8. The first-order chi connectivity index (χ1) is 15.6.